The molecule has 4 heteroatoms. The van der Waals surface area contributed by atoms with Crippen molar-refractivity contribution in [2.24, 2.45) is 17.3 Å². The fourth-order valence-electron chi connectivity index (χ4n) is 5.54. The van der Waals surface area contributed by atoms with Crippen molar-refractivity contribution in [2.75, 3.05) is 0 Å². The molecule has 0 bridgehead atoms. The quantitative estimate of drug-likeness (QED) is 0.729. The molecule has 4 rings (SSSR count). The van der Waals surface area contributed by atoms with Crippen molar-refractivity contribution in [3.63, 3.8) is 0 Å². The highest BCUT2D eigenvalue weighted by atomic mass is 35.5. The van der Waals surface area contributed by atoms with Crippen LogP contribution in [0.3, 0.4) is 0 Å². The summed E-state index contributed by atoms with van der Waals surface area (Å²) in [6.45, 7) is 2.32. The third-order valence-corrected chi connectivity index (χ3v) is 6.66. The van der Waals surface area contributed by atoms with Crippen molar-refractivity contribution in [2.45, 2.75) is 57.5 Å². The minimum absolute atomic E-state index is 0. The highest BCUT2D eigenvalue weighted by Gasteiger charge is 2.54. The molecule has 3 aliphatic rings. The van der Waals surface area contributed by atoms with Crippen molar-refractivity contribution in [3.05, 3.63) is 29.3 Å². The lowest BCUT2D eigenvalue weighted by molar-refractivity contribution is -0.0226. The van der Waals surface area contributed by atoms with Crippen LogP contribution in [0.25, 0.3) is 0 Å². The van der Waals surface area contributed by atoms with E-state index in [9.17, 15) is 10.2 Å². The van der Waals surface area contributed by atoms with Crippen LogP contribution in [-0.2, 0) is 6.42 Å². The van der Waals surface area contributed by atoms with E-state index < -0.39 is 0 Å². The Morgan fingerprint density at radius 2 is 1.86 bits per heavy atom. The Bertz CT molecular complexity index is 548. The number of aliphatic hydroxyl groups excluding tert-OH is 1. The van der Waals surface area contributed by atoms with Crippen molar-refractivity contribution in [1.29, 1.82) is 0 Å². The largest absolute Gasteiger partial charge is 0.508 e. The van der Waals surface area contributed by atoms with Gasteiger partial charge in [-0.05, 0) is 85.0 Å². The summed E-state index contributed by atoms with van der Waals surface area (Å²) in [7, 11) is 0. The maximum atomic E-state index is 10.4. The van der Waals surface area contributed by atoms with Gasteiger partial charge in [-0.25, -0.2) is 0 Å². The molecule has 22 heavy (non-hydrogen) atoms. The Hall–Kier alpha value is -0.440. The third kappa shape index (κ3) is 2.44. The number of benzene rings is 1. The molecule has 0 radical (unpaired) electrons. The lowest BCUT2D eigenvalue weighted by Gasteiger charge is -2.50. The zero-order valence-electron chi connectivity index (χ0n) is 13.0. The van der Waals surface area contributed by atoms with E-state index in [-0.39, 0.29) is 36.3 Å². The predicted octanol–water partition coefficient (Wildman–Crippen LogP) is 4.45. The standard InChI is InChI=1S/C18H24O2.2ClH/c1-18-9-8-14-13-5-3-12(19)10-11(13)2-4-15(14)16(18)6-7-17(18)20;;/h3,5,10,14-17,19-20H,2,4,6-9H2,1H3;2*1H/t14-,15-,16+,17+,18+;;/m1../s1. The number of phenols is 1. The molecule has 0 unspecified atom stereocenters. The van der Waals surface area contributed by atoms with Crippen molar-refractivity contribution >= 4 is 24.8 Å². The van der Waals surface area contributed by atoms with Gasteiger partial charge < -0.3 is 10.2 Å². The summed E-state index contributed by atoms with van der Waals surface area (Å²) in [5, 5.41) is 20.0. The maximum absolute atomic E-state index is 10.4. The van der Waals surface area contributed by atoms with Gasteiger partial charge in [-0.3, -0.25) is 0 Å². The van der Waals surface area contributed by atoms with E-state index in [4.69, 9.17) is 0 Å². The van der Waals surface area contributed by atoms with Gasteiger partial charge in [0.2, 0.25) is 0 Å². The van der Waals surface area contributed by atoms with Crippen molar-refractivity contribution < 1.29 is 10.2 Å². The van der Waals surface area contributed by atoms with Crippen LogP contribution < -0.4 is 0 Å². The Labute approximate surface area is 145 Å². The molecule has 2 saturated carbocycles. The predicted molar refractivity (Wildman–Crippen MR) is 93.2 cm³/mol. The van der Waals surface area contributed by atoms with Gasteiger partial charge >= 0.3 is 0 Å². The van der Waals surface area contributed by atoms with E-state index in [1.54, 1.807) is 0 Å². The first-order chi connectivity index (χ1) is 9.59. The summed E-state index contributed by atoms with van der Waals surface area (Å²) in [6.07, 6.45) is 6.78. The Kier molecular flexibility index (Phi) is 5.06. The second-order valence-electron chi connectivity index (χ2n) is 7.44. The van der Waals surface area contributed by atoms with E-state index in [0.29, 0.717) is 17.6 Å². The molecule has 2 nitrogen and oxygen atoms in total. The summed E-state index contributed by atoms with van der Waals surface area (Å²) in [4.78, 5) is 0. The molecule has 0 amide bonds. The molecule has 1 aromatic rings. The molecular weight excluding hydrogens is 319 g/mol. The molecule has 2 N–H and O–H groups in total. The van der Waals surface area contributed by atoms with Crippen LogP contribution in [0.2, 0.25) is 0 Å². The summed E-state index contributed by atoms with van der Waals surface area (Å²) < 4.78 is 0. The topological polar surface area (TPSA) is 40.5 Å². The van der Waals surface area contributed by atoms with E-state index in [0.717, 1.165) is 25.2 Å². The van der Waals surface area contributed by atoms with Gasteiger partial charge in [0.1, 0.15) is 5.75 Å². The van der Waals surface area contributed by atoms with E-state index in [1.807, 2.05) is 12.1 Å². The van der Waals surface area contributed by atoms with Gasteiger partial charge in [-0.2, -0.15) is 0 Å². The monoisotopic (exact) mass is 344 g/mol. The Morgan fingerprint density at radius 1 is 1.09 bits per heavy atom. The first kappa shape index (κ1) is 17.9. The van der Waals surface area contributed by atoms with Gasteiger partial charge in [-0.1, -0.05) is 13.0 Å². The average Bonchev–Trinajstić information content (AvgIpc) is 2.74. The molecule has 3 aliphatic carbocycles. The minimum atomic E-state index is -0.0883. The van der Waals surface area contributed by atoms with Crippen molar-refractivity contribution in [3.8, 4) is 5.75 Å². The number of hydrogen-bond donors (Lipinski definition) is 2. The second kappa shape index (κ2) is 6.22. The first-order valence-electron chi connectivity index (χ1n) is 8.09. The van der Waals surface area contributed by atoms with Gasteiger partial charge in [0.25, 0.3) is 0 Å². The van der Waals surface area contributed by atoms with E-state index >= 15 is 0 Å². The smallest absolute Gasteiger partial charge is 0.115 e. The summed E-state index contributed by atoms with van der Waals surface area (Å²) >= 11 is 0. The summed E-state index contributed by atoms with van der Waals surface area (Å²) in [6, 6.07) is 5.96. The van der Waals surface area contributed by atoms with Crippen LogP contribution in [0.4, 0.5) is 0 Å². The molecule has 5 atom stereocenters. The minimum Gasteiger partial charge on any atom is -0.508 e. The highest BCUT2D eigenvalue weighted by molar-refractivity contribution is 5.85. The third-order valence-electron chi connectivity index (χ3n) is 6.66. The molecular formula is C18H26Cl2O2. The maximum Gasteiger partial charge on any atom is 0.115 e. The SMILES string of the molecule is C[C@]12CC[C@@H]3c4ccc(O)cc4CC[C@H]3[C@@H]1CC[C@@H]2O.Cl.Cl. The highest BCUT2D eigenvalue weighted by Crippen LogP contribution is 2.60. The number of rotatable bonds is 0. The number of hydrogen-bond acceptors (Lipinski definition) is 2. The number of aryl methyl sites for hydroxylation is 1. The second-order valence-corrected chi connectivity index (χ2v) is 7.44. The first-order valence-corrected chi connectivity index (χ1v) is 8.09. The number of aromatic hydroxyl groups is 1. The van der Waals surface area contributed by atoms with Gasteiger partial charge in [0, 0.05) is 0 Å². The summed E-state index contributed by atoms with van der Waals surface area (Å²) in [5.41, 5.74) is 2.99. The zero-order chi connectivity index (χ0) is 13.9. The lowest BCUT2D eigenvalue weighted by Crippen LogP contribution is -2.43. The number of phenolic OH excluding ortho intramolecular Hbond substituents is 1. The molecule has 0 aromatic heterocycles. The molecule has 0 saturated heterocycles. The van der Waals surface area contributed by atoms with Crippen LogP contribution in [0.15, 0.2) is 18.2 Å². The summed E-state index contributed by atoms with van der Waals surface area (Å²) in [5.74, 6) is 2.49. The molecule has 2 fully saturated rings. The van der Waals surface area contributed by atoms with Crippen LogP contribution in [0.1, 0.15) is 56.1 Å². The normalized spacial score (nSPS) is 38.8. The number of fused-ring (bicyclic) bond motifs is 5. The average molecular weight is 345 g/mol. The molecule has 0 heterocycles. The van der Waals surface area contributed by atoms with Crippen LogP contribution in [0.5, 0.6) is 5.75 Å². The number of halogens is 2. The molecule has 0 spiro atoms. The zero-order valence-corrected chi connectivity index (χ0v) is 14.6. The number of aliphatic hydroxyl groups is 1. The molecule has 1 aromatic carbocycles. The van der Waals surface area contributed by atoms with Crippen LogP contribution >= 0.6 is 24.8 Å². The van der Waals surface area contributed by atoms with Gasteiger partial charge in [-0.15, -0.1) is 24.8 Å². The Balaban J connectivity index is 0.000000882. The molecule has 0 aliphatic heterocycles. The Morgan fingerprint density at radius 3 is 2.64 bits per heavy atom. The van der Waals surface area contributed by atoms with Gasteiger partial charge in [0.05, 0.1) is 6.10 Å². The van der Waals surface area contributed by atoms with Crippen molar-refractivity contribution in [1.82, 2.24) is 0 Å². The van der Waals surface area contributed by atoms with Gasteiger partial charge in [0.15, 0.2) is 0 Å². The fraction of sp³-hybridized carbons (Fsp3) is 0.667. The van der Waals surface area contributed by atoms with Crippen LogP contribution in [-0.4, -0.2) is 16.3 Å². The van der Waals surface area contributed by atoms with E-state index in [1.165, 1.54) is 30.4 Å². The van der Waals surface area contributed by atoms with Crippen LogP contribution in [0, 0.1) is 17.3 Å². The fourth-order valence-corrected chi connectivity index (χ4v) is 5.54. The lowest BCUT2D eigenvalue weighted by atomic mass is 9.55. The molecule has 124 valence electrons. The van der Waals surface area contributed by atoms with E-state index in [2.05, 4.69) is 13.0 Å².